The van der Waals surface area contributed by atoms with E-state index in [-0.39, 0.29) is 0 Å². The van der Waals surface area contributed by atoms with E-state index in [2.05, 4.69) is 27.7 Å². The zero-order valence-corrected chi connectivity index (χ0v) is 9.89. The van der Waals surface area contributed by atoms with Crippen molar-refractivity contribution in [2.24, 2.45) is 5.73 Å². The molecule has 1 aromatic heterocycles. The van der Waals surface area contributed by atoms with Gasteiger partial charge in [-0.2, -0.15) is 0 Å². The van der Waals surface area contributed by atoms with Crippen molar-refractivity contribution < 1.29 is 0 Å². The lowest BCUT2D eigenvalue weighted by molar-refractivity contribution is 0.400. The van der Waals surface area contributed by atoms with Gasteiger partial charge in [0.15, 0.2) is 0 Å². The summed E-state index contributed by atoms with van der Waals surface area (Å²) in [4.78, 5) is 7.01. The summed E-state index contributed by atoms with van der Waals surface area (Å²) in [5.74, 6) is 1.89. The Hall–Kier alpha value is -0.870. The molecule has 1 aromatic rings. The number of rotatable bonds is 1. The Morgan fingerprint density at radius 3 is 3.00 bits per heavy atom. The highest BCUT2D eigenvalue weighted by atomic mass is 15.2. The minimum Gasteiger partial charge on any atom is -0.330 e. The first-order valence-corrected chi connectivity index (χ1v) is 6.22. The Bertz CT molecular complexity index is 384. The molecule has 0 radical (unpaired) electrons. The summed E-state index contributed by atoms with van der Waals surface area (Å²) in [5.41, 5.74) is 7.43. The molecule has 4 nitrogen and oxygen atoms in total. The zero-order chi connectivity index (χ0) is 11.1. The number of likely N-dealkylation sites (tertiary alicyclic amines) is 1. The molecule has 3 rings (SSSR count). The third-order valence-electron chi connectivity index (χ3n) is 3.91. The molecular weight excluding hydrogens is 200 g/mol. The predicted octanol–water partition coefficient (Wildman–Crippen LogP) is 0.576. The summed E-state index contributed by atoms with van der Waals surface area (Å²) >= 11 is 0. The van der Waals surface area contributed by atoms with Crippen LogP contribution in [0.15, 0.2) is 6.20 Å². The lowest BCUT2D eigenvalue weighted by Gasteiger charge is -2.23. The quantitative estimate of drug-likeness (QED) is 0.753. The Morgan fingerprint density at radius 1 is 1.38 bits per heavy atom. The van der Waals surface area contributed by atoms with Gasteiger partial charge in [-0.05, 0) is 32.9 Å². The van der Waals surface area contributed by atoms with Gasteiger partial charge in [-0.15, -0.1) is 0 Å². The molecule has 88 valence electrons. The van der Waals surface area contributed by atoms with Gasteiger partial charge in [-0.25, -0.2) is 4.98 Å². The van der Waals surface area contributed by atoms with E-state index in [1.54, 1.807) is 0 Å². The molecule has 0 amide bonds. The smallest absolute Gasteiger partial charge is 0.113 e. The number of aromatic nitrogens is 2. The molecule has 2 aliphatic rings. The second-order valence-corrected chi connectivity index (χ2v) is 5.26. The highest BCUT2D eigenvalue weighted by molar-refractivity contribution is 5.14. The number of hydrogen-bond donors (Lipinski definition) is 1. The van der Waals surface area contributed by atoms with Crippen LogP contribution in [-0.2, 0) is 13.0 Å². The van der Waals surface area contributed by atoms with Crippen LogP contribution in [0.2, 0.25) is 0 Å². The second-order valence-electron chi connectivity index (χ2n) is 5.26. The first-order chi connectivity index (χ1) is 7.74. The van der Waals surface area contributed by atoms with E-state index in [4.69, 9.17) is 5.73 Å². The maximum atomic E-state index is 6.04. The van der Waals surface area contributed by atoms with Crippen LogP contribution in [0, 0.1) is 0 Å². The van der Waals surface area contributed by atoms with E-state index < -0.39 is 0 Å². The van der Waals surface area contributed by atoms with Crippen LogP contribution in [0.5, 0.6) is 0 Å². The van der Waals surface area contributed by atoms with Crippen molar-refractivity contribution in [1.29, 1.82) is 0 Å². The van der Waals surface area contributed by atoms with Gasteiger partial charge in [0.25, 0.3) is 0 Å². The maximum Gasteiger partial charge on any atom is 0.113 e. The van der Waals surface area contributed by atoms with Crippen LogP contribution in [0.4, 0.5) is 0 Å². The third kappa shape index (κ3) is 1.66. The fourth-order valence-corrected chi connectivity index (χ4v) is 2.97. The molecule has 0 saturated carbocycles. The van der Waals surface area contributed by atoms with Crippen molar-refractivity contribution in [2.75, 3.05) is 20.1 Å². The van der Waals surface area contributed by atoms with Gasteiger partial charge in [-0.1, -0.05) is 0 Å². The van der Waals surface area contributed by atoms with Crippen molar-refractivity contribution in [3.8, 4) is 0 Å². The lowest BCUT2D eigenvalue weighted by Crippen LogP contribution is -2.33. The summed E-state index contributed by atoms with van der Waals surface area (Å²) < 4.78 is 2.37. The van der Waals surface area contributed by atoms with Crippen LogP contribution < -0.4 is 5.73 Å². The number of fused-ring (bicyclic) bond motifs is 1. The van der Waals surface area contributed by atoms with Crippen LogP contribution in [0.3, 0.4) is 0 Å². The van der Waals surface area contributed by atoms with Crippen molar-refractivity contribution in [3.63, 3.8) is 0 Å². The van der Waals surface area contributed by atoms with Crippen LogP contribution >= 0.6 is 0 Å². The largest absolute Gasteiger partial charge is 0.330 e. The van der Waals surface area contributed by atoms with Gasteiger partial charge in [0.2, 0.25) is 0 Å². The number of nitrogens with two attached hydrogens (primary N) is 1. The van der Waals surface area contributed by atoms with Gasteiger partial charge in [-0.3, -0.25) is 0 Å². The first-order valence-electron chi connectivity index (χ1n) is 6.22. The molecule has 4 heteroatoms. The molecule has 2 unspecified atom stereocenters. The van der Waals surface area contributed by atoms with Gasteiger partial charge in [0, 0.05) is 36.9 Å². The number of likely N-dealkylation sites (N-methyl/N-ethyl adjacent to an activating group) is 1. The van der Waals surface area contributed by atoms with E-state index in [1.165, 1.54) is 24.5 Å². The van der Waals surface area contributed by atoms with Gasteiger partial charge >= 0.3 is 0 Å². The monoisotopic (exact) mass is 220 g/mol. The van der Waals surface area contributed by atoms with E-state index >= 15 is 0 Å². The predicted molar refractivity (Wildman–Crippen MR) is 63.4 cm³/mol. The first kappa shape index (κ1) is 10.3. The highest BCUT2D eigenvalue weighted by Crippen LogP contribution is 2.28. The van der Waals surface area contributed by atoms with Crippen LogP contribution in [-0.4, -0.2) is 40.6 Å². The minimum absolute atomic E-state index is 0.319. The Labute approximate surface area is 96.4 Å². The molecule has 1 saturated heterocycles. The molecule has 2 atom stereocenters. The molecule has 0 bridgehead atoms. The fraction of sp³-hybridized carbons (Fsp3) is 0.750. The van der Waals surface area contributed by atoms with E-state index in [1.807, 2.05) is 0 Å². The summed E-state index contributed by atoms with van der Waals surface area (Å²) in [6, 6.07) is 0.319. The average Bonchev–Trinajstić information content (AvgIpc) is 2.83. The second kappa shape index (κ2) is 3.86. The molecule has 1 fully saturated rings. The molecule has 3 heterocycles. The van der Waals surface area contributed by atoms with E-state index in [0.29, 0.717) is 12.0 Å². The van der Waals surface area contributed by atoms with Crippen molar-refractivity contribution in [2.45, 2.75) is 37.8 Å². The third-order valence-corrected chi connectivity index (χ3v) is 3.91. The number of hydrogen-bond acceptors (Lipinski definition) is 3. The van der Waals surface area contributed by atoms with Gasteiger partial charge in [0.05, 0.1) is 0 Å². The number of nitrogens with zero attached hydrogens (tertiary/aromatic N) is 3. The maximum absolute atomic E-state index is 6.04. The van der Waals surface area contributed by atoms with Crippen molar-refractivity contribution >= 4 is 0 Å². The Morgan fingerprint density at radius 2 is 2.25 bits per heavy atom. The molecule has 0 spiro atoms. The normalized spacial score (nSPS) is 30.6. The fourth-order valence-electron chi connectivity index (χ4n) is 2.97. The number of imidazole rings is 1. The zero-order valence-electron chi connectivity index (χ0n) is 9.89. The standard InChI is InChI=1S/C12H20N4/c1-15-5-4-9(7-15)12-14-6-11-3-2-10(13)8-16(11)12/h6,9-10H,2-5,7-8,13H2,1H3. The summed E-state index contributed by atoms with van der Waals surface area (Å²) in [5, 5.41) is 0. The summed E-state index contributed by atoms with van der Waals surface area (Å²) in [7, 11) is 2.19. The molecule has 2 N–H and O–H groups in total. The Balaban J connectivity index is 1.88. The highest BCUT2D eigenvalue weighted by Gasteiger charge is 2.28. The van der Waals surface area contributed by atoms with Crippen molar-refractivity contribution in [3.05, 3.63) is 17.7 Å². The molecular formula is C12H20N4. The molecule has 2 aliphatic heterocycles. The van der Waals surface area contributed by atoms with Crippen LogP contribution in [0.25, 0.3) is 0 Å². The lowest BCUT2D eigenvalue weighted by atomic mass is 10.0. The van der Waals surface area contributed by atoms with Crippen molar-refractivity contribution in [1.82, 2.24) is 14.5 Å². The molecule has 16 heavy (non-hydrogen) atoms. The van der Waals surface area contributed by atoms with E-state index in [9.17, 15) is 0 Å². The summed E-state index contributed by atoms with van der Waals surface area (Å²) in [6.45, 7) is 3.30. The SMILES string of the molecule is CN1CCC(c2ncc3n2CC(N)CC3)C1. The van der Waals surface area contributed by atoms with Crippen LogP contribution in [0.1, 0.15) is 30.3 Å². The molecule has 0 aromatic carbocycles. The molecule has 0 aliphatic carbocycles. The topological polar surface area (TPSA) is 47.1 Å². The van der Waals surface area contributed by atoms with E-state index in [0.717, 1.165) is 25.9 Å². The minimum atomic E-state index is 0.319. The van der Waals surface area contributed by atoms with Gasteiger partial charge in [0.1, 0.15) is 5.82 Å². The number of aryl methyl sites for hydroxylation is 1. The average molecular weight is 220 g/mol. The summed E-state index contributed by atoms with van der Waals surface area (Å²) in [6.07, 6.45) is 5.49. The van der Waals surface area contributed by atoms with Gasteiger partial charge < -0.3 is 15.2 Å². The Kier molecular flexibility index (Phi) is 2.48.